The molecule has 2 rings (SSSR count). The Morgan fingerprint density at radius 1 is 0.755 bits per heavy atom. The van der Waals surface area contributed by atoms with Crippen molar-refractivity contribution in [2.75, 3.05) is 19.8 Å². The van der Waals surface area contributed by atoms with Crippen LogP contribution in [0.2, 0.25) is 0 Å². The summed E-state index contributed by atoms with van der Waals surface area (Å²) in [4.78, 5) is 52.6. The topological polar surface area (TPSA) is 214 Å². The van der Waals surface area contributed by atoms with Gasteiger partial charge in [-0.15, -0.1) is 0 Å². The second-order valence-corrected chi connectivity index (χ2v) is 13.5. The van der Waals surface area contributed by atoms with Crippen molar-refractivity contribution in [2.24, 2.45) is 23.7 Å². The molecule has 0 aromatic heterocycles. The molecule has 49 heavy (non-hydrogen) atoms. The monoisotopic (exact) mass is 706 g/mol. The Bertz CT molecular complexity index is 1070. The van der Waals surface area contributed by atoms with Gasteiger partial charge in [0.15, 0.2) is 18.3 Å². The molecule has 15 heteroatoms. The lowest BCUT2D eigenvalue weighted by atomic mass is 9.96. The fourth-order valence-corrected chi connectivity index (χ4v) is 5.15. The number of hydrogen-bond acceptors (Lipinski definition) is 15. The summed E-state index contributed by atoms with van der Waals surface area (Å²) in [5.41, 5.74) is 0. The third-order valence-electron chi connectivity index (χ3n) is 9.18. The zero-order valence-corrected chi connectivity index (χ0v) is 30.1. The first kappa shape index (κ1) is 42.8. The number of aliphatic hydroxyl groups excluding tert-OH is 4. The van der Waals surface area contributed by atoms with Crippen LogP contribution in [0, 0.1) is 23.7 Å². The molecule has 0 spiro atoms. The van der Waals surface area contributed by atoms with Crippen molar-refractivity contribution in [3.63, 3.8) is 0 Å². The van der Waals surface area contributed by atoms with E-state index in [1.54, 1.807) is 41.5 Å². The largest absolute Gasteiger partial charge is 0.463 e. The Kier molecular flexibility index (Phi) is 17.3. The van der Waals surface area contributed by atoms with Crippen LogP contribution >= 0.6 is 0 Å². The maximum Gasteiger partial charge on any atom is 0.309 e. The lowest BCUT2D eigenvalue weighted by Gasteiger charge is -2.46. The summed E-state index contributed by atoms with van der Waals surface area (Å²) in [6.45, 7) is 11.9. The Morgan fingerprint density at radius 2 is 1.31 bits per heavy atom. The minimum Gasteiger partial charge on any atom is -0.463 e. The zero-order valence-electron chi connectivity index (χ0n) is 30.1. The molecule has 2 aliphatic rings. The minimum atomic E-state index is -2.41. The Morgan fingerprint density at radius 3 is 1.80 bits per heavy atom. The molecule has 0 aliphatic carbocycles. The van der Waals surface area contributed by atoms with E-state index in [-0.39, 0.29) is 6.42 Å². The molecule has 0 aromatic carbocycles. The summed E-state index contributed by atoms with van der Waals surface area (Å²) < 4.78 is 41.0. The van der Waals surface area contributed by atoms with Crippen molar-refractivity contribution in [3.05, 3.63) is 0 Å². The van der Waals surface area contributed by atoms with Gasteiger partial charge in [0, 0.05) is 6.42 Å². The van der Waals surface area contributed by atoms with Crippen LogP contribution in [0.5, 0.6) is 0 Å². The molecule has 2 saturated heterocycles. The molecular weight excluding hydrogens is 648 g/mol. The molecule has 2 aliphatic heterocycles. The Balaban J connectivity index is 2.70. The number of esters is 4. The van der Waals surface area contributed by atoms with E-state index in [1.807, 2.05) is 13.8 Å². The average Bonchev–Trinajstić information content (AvgIpc) is 3.32. The van der Waals surface area contributed by atoms with Crippen molar-refractivity contribution in [3.8, 4) is 0 Å². The Labute approximate surface area is 288 Å². The van der Waals surface area contributed by atoms with Crippen LogP contribution in [-0.2, 0) is 52.3 Å². The fraction of sp³-hybridized carbons (Fsp3) is 0.882. The van der Waals surface area contributed by atoms with Crippen molar-refractivity contribution >= 4 is 23.9 Å². The molecule has 2 heterocycles. The average molecular weight is 707 g/mol. The molecule has 4 N–H and O–H groups in total. The van der Waals surface area contributed by atoms with Crippen molar-refractivity contribution in [1.29, 1.82) is 0 Å². The van der Waals surface area contributed by atoms with E-state index in [2.05, 4.69) is 0 Å². The standard InChI is InChI=1S/C34H58O15/c1-9-19(6)30(40)43-16-23-26(46-31(41)20(7)10-2)27(45-24(37)14-12-13-18(4)5)28(47-32(42)21(8)11-3)33(44-23)49-34(17-36)29(39)25(38)22(15-35)48-34/h18-23,25-29,33,35-36,38-39H,9-17H2,1-8H3/t19?,20?,21?,22-,23-,25-,26-,27+,28-,29+,33-,34+/m1/s1. The van der Waals surface area contributed by atoms with Crippen molar-refractivity contribution < 1.29 is 72.8 Å². The maximum atomic E-state index is 13.3. The molecule has 0 saturated carbocycles. The number of ether oxygens (including phenoxy) is 7. The first-order valence-electron chi connectivity index (χ1n) is 17.4. The second kappa shape index (κ2) is 19.8. The Hall–Kier alpha value is -2.40. The highest BCUT2D eigenvalue weighted by Gasteiger charge is 2.61. The molecule has 2 fully saturated rings. The van der Waals surface area contributed by atoms with Crippen molar-refractivity contribution in [1.82, 2.24) is 0 Å². The maximum absolute atomic E-state index is 13.3. The highest BCUT2D eigenvalue weighted by Crippen LogP contribution is 2.38. The molecule has 3 unspecified atom stereocenters. The van der Waals surface area contributed by atoms with Gasteiger partial charge in [-0.25, -0.2) is 0 Å². The second-order valence-electron chi connectivity index (χ2n) is 13.5. The molecule has 284 valence electrons. The van der Waals surface area contributed by atoms with E-state index in [0.29, 0.717) is 38.0 Å². The third kappa shape index (κ3) is 11.3. The van der Waals surface area contributed by atoms with Crippen LogP contribution in [0.15, 0.2) is 0 Å². The smallest absolute Gasteiger partial charge is 0.309 e. The summed E-state index contributed by atoms with van der Waals surface area (Å²) in [5.74, 6) is -6.59. The summed E-state index contributed by atoms with van der Waals surface area (Å²) in [5, 5.41) is 41.5. The van der Waals surface area contributed by atoms with Gasteiger partial charge in [-0.3, -0.25) is 19.2 Å². The predicted molar refractivity (Wildman–Crippen MR) is 171 cm³/mol. The molecular formula is C34H58O15. The van der Waals surface area contributed by atoms with E-state index >= 15 is 0 Å². The van der Waals surface area contributed by atoms with Crippen molar-refractivity contribution in [2.45, 2.75) is 149 Å². The number of rotatable bonds is 19. The lowest BCUT2D eigenvalue weighted by Crippen LogP contribution is -2.65. The van der Waals surface area contributed by atoms with Crippen LogP contribution < -0.4 is 0 Å². The van der Waals surface area contributed by atoms with Gasteiger partial charge < -0.3 is 53.6 Å². The van der Waals surface area contributed by atoms with Gasteiger partial charge in [-0.1, -0.05) is 61.8 Å². The van der Waals surface area contributed by atoms with Crippen LogP contribution in [0.4, 0.5) is 0 Å². The van der Waals surface area contributed by atoms with Gasteiger partial charge in [0.2, 0.25) is 12.1 Å². The SMILES string of the molecule is CCC(C)C(=O)OC[C@H]1O[C@H](O[C@]2(CO)O[C@H](CO)[C@@H](O)[C@@H]2O)[C@H](OC(=O)C(C)CC)[C@@H](OC(=O)CCCC(C)C)[C@@H]1OC(=O)C(C)CC. The molecule has 0 bridgehead atoms. The summed E-state index contributed by atoms with van der Waals surface area (Å²) in [6.07, 6.45) is -10.6. The number of hydrogen-bond donors (Lipinski definition) is 4. The fourth-order valence-electron chi connectivity index (χ4n) is 5.15. The first-order valence-corrected chi connectivity index (χ1v) is 17.4. The molecule has 12 atom stereocenters. The number of carbonyl (C=O) groups is 4. The minimum absolute atomic E-state index is 0.0282. The first-order chi connectivity index (χ1) is 23.1. The highest BCUT2D eigenvalue weighted by atomic mass is 16.8. The van der Waals surface area contributed by atoms with Gasteiger partial charge in [0.1, 0.15) is 37.6 Å². The predicted octanol–water partition coefficient (Wildman–Crippen LogP) is 1.77. The van der Waals surface area contributed by atoms with Crippen LogP contribution in [-0.4, -0.2) is 119 Å². The summed E-state index contributed by atoms with van der Waals surface area (Å²) >= 11 is 0. The highest BCUT2D eigenvalue weighted by molar-refractivity contribution is 5.74. The van der Waals surface area contributed by atoms with Crippen LogP contribution in [0.25, 0.3) is 0 Å². The van der Waals surface area contributed by atoms with Crippen LogP contribution in [0.1, 0.15) is 93.9 Å². The van der Waals surface area contributed by atoms with E-state index in [0.717, 1.165) is 0 Å². The normalized spacial score (nSPS) is 31.9. The van der Waals surface area contributed by atoms with E-state index in [9.17, 15) is 39.6 Å². The molecule has 0 amide bonds. The molecule has 0 aromatic rings. The van der Waals surface area contributed by atoms with E-state index in [1.165, 1.54) is 0 Å². The summed E-state index contributed by atoms with van der Waals surface area (Å²) in [6, 6.07) is 0. The number of carbonyl (C=O) groups excluding carboxylic acids is 4. The van der Waals surface area contributed by atoms with Gasteiger partial charge >= 0.3 is 23.9 Å². The third-order valence-corrected chi connectivity index (χ3v) is 9.18. The van der Waals surface area contributed by atoms with Gasteiger partial charge in [0.25, 0.3) is 0 Å². The zero-order chi connectivity index (χ0) is 37.1. The molecule has 15 nitrogen and oxygen atoms in total. The lowest BCUT2D eigenvalue weighted by molar-refractivity contribution is -0.384. The van der Waals surface area contributed by atoms with Gasteiger partial charge in [0.05, 0.1) is 24.4 Å². The molecule has 0 radical (unpaired) electrons. The van der Waals surface area contributed by atoms with Crippen LogP contribution in [0.3, 0.4) is 0 Å². The van der Waals surface area contributed by atoms with E-state index < -0.39 is 116 Å². The van der Waals surface area contributed by atoms with Gasteiger partial charge in [-0.2, -0.15) is 0 Å². The quantitative estimate of drug-likeness (QED) is 0.111. The van der Waals surface area contributed by atoms with Gasteiger partial charge in [-0.05, 0) is 31.6 Å². The van der Waals surface area contributed by atoms with E-state index in [4.69, 9.17) is 33.2 Å². The number of aliphatic hydroxyl groups is 4. The summed E-state index contributed by atoms with van der Waals surface area (Å²) in [7, 11) is 0.